The summed E-state index contributed by atoms with van der Waals surface area (Å²) in [7, 11) is 0. The zero-order valence-corrected chi connectivity index (χ0v) is 25.3. The SMILES string of the molecule is CS[C@@H]1O[C@H](COCc2ccccc2)[C@H](OCc2ccccc2)[C@H](OCc2ccccc2)[C@H]1N1C(=O)c2ccccc2C1=O. The number of rotatable bonds is 12. The molecule has 7 nitrogen and oxygen atoms in total. The highest BCUT2D eigenvalue weighted by molar-refractivity contribution is 7.99. The van der Waals surface area contributed by atoms with Crippen LogP contribution in [0.3, 0.4) is 0 Å². The monoisotopic (exact) mass is 609 g/mol. The standard InChI is InChI=1S/C36H35NO6S/c1-44-36-31(37-34(38)28-19-11-12-20-29(28)35(37)39)33(42-23-27-17-9-4-10-18-27)32(41-22-26-15-7-3-8-16-26)30(43-36)24-40-21-25-13-5-2-6-14-25/h2-20,30-33,36H,21-24H2,1H3/t30-,31-,32+,33-,36+/m1/s1. The highest BCUT2D eigenvalue weighted by atomic mass is 32.2. The fourth-order valence-corrected chi connectivity index (χ4v) is 6.57. The van der Waals surface area contributed by atoms with Crippen LogP contribution in [0, 0.1) is 0 Å². The zero-order chi connectivity index (χ0) is 30.3. The lowest BCUT2D eigenvalue weighted by atomic mass is 9.95. The van der Waals surface area contributed by atoms with E-state index in [1.54, 1.807) is 24.3 Å². The maximum atomic E-state index is 13.8. The molecule has 6 rings (SSSR count). The van der Waals surface area contributed by atoms with Crippen LogP contribution in [0.2, 0.25) is 0 Å². The summed E-state index contributed by atoms with van der Waals surface area (Å²) in [5.41, 5.74) is 3.21. The van der Waals surface area contributed by atoms with Gasteiger partial charge in [-0.05, 0) is 35.1 Å². The molecule has 5 atom stereocenters. The second-order valence-corrected chi connectivity index (χ2v) is 11.8. The van der Waals surface area contributed by atoms with Gasteiger partial charge in [-0.3, -0.25) is 14.5 Å². The maximum absolute atomic E-state index is 13.8. The summed E-state index contributed by atoms with van der Waals surface area (Å²) in [5.74, 6) is -0.709. The van der Waals surface area contributed by atoms with E-state index in [0.717, 1.165) is 16.7 Å². The van der Waals surface area contributed by atoms with E-state index in [9.17, 15) is 9.59 Å². The third kappa shape index (κ3) is 6.65. The van der Waals surface area contributed by atoms with Crippen molar-refractivity contribution in [1.82, 2.24) is 4.90 Å². The largest absolute Gasteiger partial charge is 0.374 e. The Morgan fingerprint density at radius 3 is 1.59 bits per heavy atom. The van der Waals surface area contributed by atoms with Crippen LogP contribution in [-0.4, -0.2) is 59.4 Å². The Bertz CT molecular complexity index is 1500. The number of carbonyl (C=O) groups is 2. The number of imide groups is 1. The molecule has 226 valence electrons. The zero-order valence-electron chi connectivity index (χ0n) is 24.5. The molecular weight excluding hydrogens is 574 g/mol. The van der Waals surface area contributed by atoms with Gasteiger partial charge in [-0.2, -0.15) is 0 Å². The van der Waals surface area contributed by atoms with E-state index in [2.05, 4.69) is 0 Å². The second kappa shape index (κ2) is 14.3. The van der Waals surface area contributed by atoms with Crippen molar-refractivity contribution in [2.24, 2.45) is 0 Å². The summed E-state index contributed by atoms with van der Waals surface area (Å²) < 4.78 is 26.2. The molecule has 2 aliphatic rings. The predicted molar refractivity (Wildman–Crippen MR) is 169 cm³/mol. The minimum absolute atomic E-state index is 0.242. The lowest BCUT2D eigenvalue weighted by Gasteiger charge is -2.48. The molecule has 4 aromatic carbocycles. The lowest BCUT2D eigenvalue weighted by molar-refractivity contribution is -0.223. The van der Waals surface area contributed by atoms with Crippen LogP contribution in [0.15, 0.2) is 115 Å². The average Bonchev–Trinajstić information content (AvgIpc) is 3.33. The van der Waals surface area contributed by atoms with Crippen molar-refractivity contribution in [3.63, 3.8) is 0 Å². The first-order valence-corrected chi connectivity index (χ1v) is 16.0. The Hall–Kier alpha value is -3.79. The minimum Gasteiger partial charge on any atom is -0.374 e. The van der Waals surface area contributed by atoms with Gasteiger partial charge in [0.15, 0.2) is 0 Å². The van der Waals surface area contributed by atoms with Gasteiger partial charge < -0.3 is 18.9 Å². The van der Waals surface area contributed by atoms with Gasteiger partial charge in [-0.15, -0.1) is 11.8 Å². The molecule has 0 spiro atoms. The van der Waals surface area contributed by atoms with E-state index in [4.69, 9.17) is 18.9 Å². The molecule has 0 saturated carbocycles. The number of benzene rings is 4. The molecule has 2 amide bonds. The van der Waals surface area contributed by atoms with Gasteiger partial charge >= 0.3 is 0 Å². The van der Waals surface area contributed by atoms with Crippen LogP contribution in [0.25, 0.3) is 0 Å². The first-order chi connectivity index (χ1) is 21.6. The van der Waals surface area contributed by atoms with Crippen molar-refractivity contribution in [3.05, 3.63) is 143 Å². The smallest absolute Gasteiger partial charge is 0.262 e. The molecule has 2 heterocycles. The Morgan fingerprint density at radius 2 is 1.09 bits per heavy atom. The number of hydrogen-bond donors (Lipinski definition) is 0. The Kier molecular flexibility index (Phi) is 9.85. The number of ether oxygens (including phenoxy) is 4. The quantitative estimate of drug-likeness (QED) is 0.179. The van der Waals surface area contributed by atoms with Crippen molar-refractivity contribution in [2.45, 2.75) is 49.6 Å². The maximum Gasteiger partial charge on any atom is 0.262 e. The highest BCUT2D eigenvalue weighted by Gasteiger charge is 2.54. The summed E-state index contributed by atoms with van der Waals surface area (Å²) in [6.07, 6.45) is 0.0501. The number of fused-ring (bicyclic) bond motifs is 1. The topological polar surface area (TPSA) is 74.3 Å². The van der Waals surface area contributed by atoms with E-state index >= 15 is 0 Å². The van der Waals surface area contributed by atoms with Crippen LogP contribution in [0.4, 0.5) is 0 Å². The number of nitrogens with zero attached hydrogens (tertiary/aromatic N) is 1. The average molecular weight is 610 g/mol. The van der Waals surface area contributed by atoms with E-state index in [1.807, 2.05) is 97.3 Å². The molecule has 0 aromatic heterocycles. The Morgan fingerprint density at radius 1 is 0.636 bits per heavy atom. The molecule has 0 N–H and O–H groups in total. The summed E-state index contributed by atoms with van der Waals surface area (Å²) >= 11 is 1.44. The third-order valence-corrected chi connectivity index (χ3v) is 8.79. The van der Waals surface area contributed by atoms with Gasteiger partial charge in [0.05, 0.1) is 37.6 Å². The predicted octanol–water partition coefficient (Wildman–Crippen LogP) is 6.13. The molecule has 8 heteroatoms. The molecule has 0 bridgehead atoms. The molecular formula is C36H35NO6S. The number of amides is 2. The van der Waals surface area contributed by atoms with Crippen molar-refractivity contribution in [1.29, 1.82) is 0 Å². The van der Waals surface area contributed by atoms with E-state index in [1.165, 1.54) is 16.7 Å². The fraction of sp³-hybridized carbons (Fsp3) is 0.278. The second-order valence-electron chi connectivity index (χ2n) is 10.8. The van der Waals surface area contributed by atoms with E-state index in [-0.39, 0.29) is 25.0 Å². The Balaban J connectivity index is 1.34. The van der Waals surface area contributed by atoms with Gasteiger partial charge in [0.25, 0.3) is 11.8 Å². The summed E-state index contributed by atoms with van der Waals surface area (Å²) in [6, 6.07) is 35.9. The summed E-state index contributed by atoms with van der Waals surface area (Å²) in [4.78, 5) is 28.9. The van der Waals surface area contributed by atoms with Crippen LogP contribution in [-0.2, 0) is 38.8 Å². The number of hydrogen-bond acceptors (Lipinski definition) is 7. The van der Waals surface area contributed by atoms with Crippen LogP contribution in [0.5, 0.6) is 0 Å². The third-order valence-electron chi connectivity index (χ3n) is 7.93. The molecule has 0 unspecified atom stereocenters. The van der Waals surface area contributed by atoms with Crippen molar-refractivity contribution in [2.75, 3.05) is 12.9 Å². The Labute approximate surface area is 262 Å². The molecule has 1 saturated heterocycles. The highest BCUT2D eigenvalue weighted by Crippen LogP contribution is 2.38. The van der Waals surface area contributed by atoms with Gasteiger partial charge in [0.1, 0.15) is 29.8 Å². The molecule has 4 aromatic rings. The number of thioether (sulfide) groups is 1. The molecule has 0 aliphatic carbocycles. The van der Waals surface area contributed by atoms with Gasteiger partial charge in [-0.25, -0.2) is 0 Å². The normalized spacial score (nSPS) is 23.1. The van der Waals surface area contributed by atoms with Crippen molar-refractivity contribution in [3.8, 4) is 0 Å². The van der Waals surface area contributed by atoms with Gasteiger partial charge in [0.2, 0.25) is 0 Å². The van der Waals surface area contributed by atoms with Gasteiger partial charge in [0, 0.05) is 0 Å². The van der Waals surface area contributed by atoms with Crippen LogP contribution >= 0.6 is 11.8 Å². The van der Waals surface area contributed by atoms with Crippen molar-refractivity contribution >= 4 is 23.6 Å². The summed E-state index contributed by atoms with van der Waals surface area (Å²) in [6.45, 7) is 1.22. The minimum atomic E-state index is -0.743. The summed E-state index contributed by atoms with van der Waals surface area (Å²) in [5, 5.41) is 0. The van der Waals surface area contributed by atoms with E-state index in [0.29, 0.717) is 24.3 Å². The molecule has 44 heavy (non-hydrogen) atoms. The van der Waals surface area contributed by atoms with Crippen molar-refractivity contribution < 1.29 is 28.5 Å². The van der Waals surface area contributed by atoms with Crippen LogP contribution in [0.1, 0.15) is 37.4 Å². The fourth-order valence-electron chi connectivity index (χ4n) is 5.76. The first-order valence-electron chi connectivity index (χ1n) is 14.7. The lowest BCUT2D eigenvalue weighted by Crippen LogP contribution is -2.65. The molecule has 1 fully saturated rings. The van der Waals surface area contributed by atoms with Gasteiger partial charge in [-0.1, -0.05) is 103 Å². The molecule has 2 aliphatic heterocycles. The molecule has 0 radical (unpaired) electrons. The van der Waals surface area contributed by atoms with Crippen LogP contribution < -0.4 is 0 Å². The number of carbonyl (C=O) groups excluding carboxylic acids is 2. The first kappa shape index (κ1) is 30.2. The van der Waals surface area contributed by atoms with E-state index < -0.39 is 29.8 Å².